The number of likely N-dealkylation sites (N-methyl/N-ethyl adjacent to an activating group) is 1. The van der Waals surface area contributed by atoms with Crippen LogP contribution in [0.3, 0.4) is 0 Å². The molecule has 0 saturated carbocycles. The van der Waals surface area contributed by atoms with Crippen LogP contribution in [0.25, 0.3) is 5.57 Å². The van der Waals surface area contributed by atoms with Crippen molar-refractivity contribution in [2.75, 3.05) is 20.1 Å². The van der Waals surface area contributed by atoms with Gasteiger partial charge in [-0.05, 0) is 35.7 Å². The minimum atomic E-state index is 0.771. The van der Waals surface area contributed by atoms with Gasteiger partial charge in [0.1, 0.15) is 0 Å². The zero-order valence-corrected chi connectivity index (χ0v) is 10.7. The van der Waals surface area contributed by atoms with E-state index in [-0.39, 0.29) is 0 Å². The highest BCUT2D eigenvalue weighted by atomic mass is 15.1. The molecule has 0 radical (unpaired) electrons. The molecule has 0 unspecified atom stereocenters. The summed E-state index contributed by atoms with van der Waals surface area (Å²) in [4.78, 5) is 4.15. The summed E-state index contributed by atoms with van der Waals surface area (Å²) < 4.78 is 0. The van der Waals surface area contributed by atoms with Gasteiger partial charge in [0, 0.05) is 13.1 Å². The average Bonchev–Trinajstić information content (AvgIpc) is 2.82. The minimum Gasteiger partial charge on any atom is -0.302 e. The van der Waals surface area contributed by atoms with Gasteiger partial charge in [0.15, 0.2) is 6.19 Å². The molecule has 0 aromatic heterocycles. The summed E-state index contributed by atoms with van der Waals surface area (Å²) in [5.41, 5.74) is 5.48. The first-order valence-electron chi connectivity index (χ1n) is 6.41. The molecule has 3 rings (SSSR count). The molecule has 3 heteroatoms. The standard InChI is InChI=1S/C15H17N3/c1-17-7-5-12(6-8-17)14-4-2-3-13-9-18(11-16)10-15(13)14/h2-5H,6-10H2,1H3. The van der Waals surface area contributed by atoms with Gasteiger partial charge in [-0.25, -0.2) is 0 Å². The number of nitriles is 1. The van der Waals surface area contributed by atoms with E-state index in [0.717, 1.165) is 32.6 Å². The lowest BCUT2D eigenvalue weighted by Crippen LogP contribution is -2.23. The Morgan fingerprint density at radius 1 is 1.28 bits per heavy atom. The molecule has 0 N–H and O–H groups in total. The molecule has 0 amide bonds. The molecule has 1 aromatic carbocycles. The van der Waals surface area contributed by atoms with Crippen LogP contribution in [0.15, 0.2) is 24.3 Å². The van der Waals surface area contributed by atoms with E-state index in [1.807, 2.05) is 4.90 Å². The Labute approximate surface area is 108 Å². The van der Waals surface area contributed by atoms with Crippen molar-refractivity contribution in [2.24, 2.45) is 0 Å². The summed E-state index contributed by atoms with van der Waals surface area (Å²) in [6.45, 7) is 3.69. The lowest BCUT2D eigenvalue weighted by Gasteiger charge is -2.23. The second-order valence-electron chi connectivity index (χ2n) is 5.14. The Balaban J connectivity index is 1.96. The highest BCUT2D eigenvalue weighted by molar-refractivity contribution is 5.70. The second kappa shape index (κ2) is 4.47. The van der Waals surface area contributed by atoms with E-state index in [0.29, 0.717) is 0 Å². The SMILES string of the molecule is CN1CC=C(c2cccc3c2CN(C#N)C3)CC1. The molecule has 2 heterocycles. The molecule has 0 atom stereocenters. The lowest BCUT2D eigenvalue weighted by atomic mass is 9.93. The van der Waals surface area contributed by atoms with E-state index in [9.17, 15) is 0 Å². The Kier molecular flexibility index (Phi) is 2.81. The predicted molar refractivity (Wildman–Crippen MR) is 71.4 cm³/mol. The van der Waals surface area contributed by atoms with Gasteiger partial charge >= 0.3 is 0 Å². The first kappa shape index (κ1) is 11.3. The summed E-state index contributed by atoms with van der Waals surface area (Å²) in [6.07, 6.45) is 5.69. The first-order chi connectivity index (χ1) is 8.78. The third kappa shape index (κ3) is 1.89. The monoisotopic (exact) mass is 239 g/mol. The smallest absolute Gasteiger partial charge is 0.179 e. The number of hydrogen-bond acceptors (Lipinski definition) is 3. The number of hydrogen-bond donors (Lipinski definition) is 0. The molecule has 18 heavy (non-hydrogen) atoms. The van der Waals surface area contributed by atoms with Crippen LogP contribution in [0.4, 0.5) is 0 Å². The first-order valence-corrected chi connectivity index (χ1v) is 6.41. The van der Waals surface area contributed by atoms with Gasteiger partial charge in [-0.15, -0.1) is 0 Å². The van der Waals surface area contributed by atoms with Crippen LogP contribution >= 0.6 is 0 Å². The van der Waals surface area contributed by atoms with Crippen LogP contribution in [-0.2, 0) is 13.1 Å². The van der Waals surface area contributed by atoms with Gasteiger partial charge in [-0.2, -0.15) is 5.26 Å². The number of benzene rings is 1. The zero-order valence-electron chi connectivity index (χ0n) is 10.7. The van der Waals surface area contributed by atoms with E-state index in [1.165, 1.54) is 22.3 Å². The van der Waals surface area contributed by atoms with Crippen LogP contribution < -0.4 is 0 Å². The number of nitrogens with zero attached hydrogens (tertiary/aromatic N) is 3. The van der Waals surface area contributed by atoms with Gasteiger partial charge in [-0.3, -0.25) is 0 Å². The summed E-state index contributed by atoms with van der Waals surface area (Å²) in [7, 11) is 2.15. The van der Waals surface area contributed by atoms with Gasteiger partial charge < -0.3 is 9.80 Å². The van der Waals surface area contributed by atoms with Gasteiger partial charge in [0.2, 0.25) is 0 Å². The molecule has 92 valence electrons. The fourth-order valence-electron chi connectivity index (χ4n) is 2.81. The van der Waals surface area contributed by atoms with E-state index in [4.69, 9.17) is 5.26 Å². The molecule has 0 spiro atoms. The molecule has 0 fully saturated rings. The van der Waals surface area contributed by atoms with Crippen LogP contribution in [0.2, 0.25) is 0 Å². The molecule has 2 aliphatic heterocycles. The zero-order chi connectivity index (χ0) is 12.5. The van der Waals surface area contributed by atoms with Crippen molar-refractivity contribution in [3.63, 3.8) is 0 Å². The van der Waals surface area contributed by atoms with Crippen molar-refractivity contribution in [1.29, 1.82) is 5.26 Å². The quantitative estimate of drug-likeness (QED) is 0.704. The van der Waals surface area contributed by atoms with E-state index >= 15 is 0 Å². The molecule has 0 bridgehead atoms. The topological polar surface area (TPSA) is 30.3 Å². The Morgan fingerprint density at radius 2 is 2.17 bits per heavy atom. The van der Waals surface area contributed by atoms with Crippen LogP contribution in [0, 0.1) is 11.5 Å². The van der Waals surface area contributed by atoms with E-state index in [1.54, 1.807) is 0 Å². The Morgan fingerprint density at radius 3 is 2.89 bits per heavy atom. The van der Waals surface area contributed by atoms with Gasteiger partial charge in [0.05, 0.1) is 13.1 Å². The van der Waals surface area contributed by atoms with Crippen LogP contribution in [0.5, 0.6) is 0 Å². The molecule has 0 aliphatic carbocycles. The minimum absolute atomic E-state index is 0.771. The Bertz CT molecular complexity index is 539. The third-order valence-corrected chi connectivity index (χ3v) is 3.88. The Hall–Kier alpha value is -1.79. The van der Waals surface area contributed by atoms with Crippen LogP contribution in [-0.4, -0.2) is 29.9 Å². The maximum atomic E-state index is 9.03. The van der Waals surface area contributed by atoms with E-state index in [2.05, 4.69) is 42.4 Å². The lowest BCUT2D eigenvalue weighted by molar-refractivity contribution is 0.370. The van der Waals surface area contributed by atoms with Crippen LogP contribution in [0.1, 0.15) is 23.1 Å². The molecular weight excluding hydrogens is 222 g/mol. The third-order valence-electron chi connectivity index (χ3n) is 3.88. The van der Waals surface area contributed by atoms with Crippen molar-refractivity contribution in [3.8, 4) is 6.19 Å². The summed E-state index contributed by atoms with van der Waals surface area (Å²) in [5, 5.41) is 9.03. The molecule has 2 aliphatic rings. The fourth-order valence-corrected chi connectivity index (χ4v) is 2.81. The molecule has 1 aromatic rings. The highest BCUT2D eigenvalue weighted by Crippen LogP contribution is 2.32. The molecule has 3 nitrogen and oxygen atoms in total. The average molecular weight is 239 g/mol. The number of fused-ring (bicyclic) bond motifs is 1. The summed E-state index contributed by atoms with van der Waals surface area (Å²) in [5.74, 6) is 0. The highest BCUT2D eigenvalue weighted by Gasteiger charge is 2.22. The normalized spacial score (nSPS) is 19.3. The van der Waals surface area contributed by atoms with Crippen molar-refractivity contribution in [1.82, 2.24) is 9.80 Å². The molecule has 0 saturated heterocycles. The maximum Gasteiger partial charge on any atom is 0.179 e. The molecular formula is C15H17N3. The number of rotatable bonds is 1. The van der Waals surface area contributed by atoms with Gasteiger partial charge in [-0.1, -0.05) is 24.3 Å². The van der Waals surface area contributed by atoms with Crippen molar-refractivity contribution in [3.05, 3.63) is 41.0 Å². The van der Waals surface area contributed by atoms with Gasteiger partial charge in [0.25, 0.3) is 0 Å². The van der Waals surface area contributed by atoms with Crippen molar-refractivity contribution >= 4 is 5.57 Å². The van der Waals surface area contributed by atoms with Crippen molar-refractivity contribution < 1.29 is 0 Å². The van der Waals surface area contributed by atoms with Crippen molar-refractivity contribution in [2.45, 2.75) is 19.5 Å². The summed E-state index contributed by atoms with van der Waals surface area (Å²) >= 11 is 0. The predicted octanol–water partition coefficient (Wildman–Crippen LogP) is 2.20. The second-order valence-corrected chi connectivity index (χ2v) is 5.14. The maximum absolute atomic E-state index is 9.03. The fraction of sp³-hybridized carbons (Fsp3) is 0.400. The summed E-state index contributed by atoms with van der Waals surface area (Å²) in [6, 6.07) is 6.47. The van der Waals surface area contributed by atoms with E-state index < -0.39 is 0 Å². The largest absolute Gasteiger partial charge is 0.302 e.